The molecule has 0 radical (unpaired) electrons. The van der Waals surface area contributed by atoms with Crippen LogP contribution in [0.4, 0.5) is 0 Å². The Morgan fingerprint density at radius 3 is 2.67 bits per heavy atom. The van der Waals surface area contributed by atoms with Crippen LogP contribution in [0.1, 0.15) is 29.6 Å². The highest BCUT2D eigenvalue weighted by Crippen LogP contribution is 2.21. The van der Waals surface area contributed by atoms with Crippen LogP contribution in [0, 0.1) is 13.8 Å². The lowest BCUT2D eigenvalue weighted by molar-refractivity contribution is 0.742. The molecule has 0 amide bonds. The van der Waals surface area contributed by atoms with E-state index in [0.29, 0.717) is 0 Å². The number of fused-ring (bicyclic) bond motifs is 1. The maximum absolute atomic E-state index is 4.76. The number of nitrogens with zero attached hydrogens (tertiary/aromatic N) is 4. The van der Waals surface area contributed by atoms with E-state index in [1.165, 1.54) is 5.56 Å². The molecule has 4 nitrogen and oxygen atoms in total. The molecule has 0 saturated heterocycles. The van der Waals surface area contributed by atoms with Crippen molar-refractivity contribution in [1.29, 1.82) is 0 Å². The number of aryl methyl sites for hydroxylation is 3. The fraction of sp³-hybridized carbons (Fsp3) is 0.312. The van der Waals surface area contributed by atoms with Crippen LogP contribution in [0.2, 0.25) is 0 Å². The Balaban J connectivity index is 2.13. The SMILES string of the molecule is CCc1nc2c(C)cc(C)nc2n1Cc1ccc(Br)nc1. The van der Waals surface area contributed by atoms with Gasteiger partial charge >= 0.3 is 0 Å². The standard InChI is InChI=1S/C16H17BrN4/c1-4-14-20-15-10(2)7-11(3)19-16(15)21(14)9-12-5-6-13(17)18-8-12/h5-8H,4,9H2,1-3H3. The molecule has 3 aromatic heterocycles. The topological polar surface area (TPSA) is 43.6 Å². The molecular formula is C16H17BrN4. The predicted octanol–water partition coefficient (Wildman–Crippen LogP) is 3.82. The van der Waals surface area contributed by atoms with Crippen molar-refractivity contribution in [3.8, 4) is 0 Å². The molecule has 0 spiro atoms. The van der Waals surface area contributed by atoms with Crippen molar-refractivity contribution in [2.75, 3.05) is 0 Å². The maximum atomic E-state index is 4.76. The van der Waals surface area contributed by atoms with E-state index in [0.717, 1.165) is 45.8 Å². The molecule has 0 atom stereocenters. The quantitative estimate of drug-likeness (QED) is 0.678. The average molecular weight is 345 g/mol. The van der Waals surface area contributed by atoms with Gasteiger partial charge in [0.1, 0.15) is 15.9 Å². The molecule has 0 fully saturated rings. The molecule has 108 valence electrons. The van der Waals surface area contributed by atoms with Gasteiger partial charge in [0, 0.05) is 18.3 Å². The first-order valence-electron chi connectivity index (χ1n) is 7.02. The van der Waals surface area contributed by atoms with Crippen LogP contribution >= 0.6 is 15.9 Å². The summed E-state index contributed by atoms with van der Waals surface area (Å²) in [6, 6.07) is 6.12. The highest BCUT2D eigenvalue weighted by molar-refractivity contribution is 9.10. The largest absolute Gasteiger partial charge is 0.308 e. The molecule has 0 aliphatic heterocycles. The van der Waals surface area contributed by atoms with E-state index in [1.54, 1.807) is 0 Å². The number of hydrogen-bond acceptors (Lipinski definition) is 3. The predicted molar refractivity (Wildman–Crippen MR) is 87.4 cm³/mol. The molecule has 3 aromatic rings. The van der Waals surface area contributed by atoms with Crippen molar-refractivity contribution in [1.82, 2.24) is 19.5 Å². The highest BCUT2D eigenvalue weighted by Gasteiger charge is 2.13. The van der Waals surface area contributed by atoms with Crippen molar-refractivity contribution < 1.29 is 0 Å². The van der Waals surface area contributed by atoms with E-state index in [9.17, 15) is 0 Å². The normalized spacial score (nSPS) is 11.2. The van der Waals surface area contributed by atoms with Crippen LogP contribution in [-0.2, 0) is 13.0 Å². The highest BCUT2D eigenvalue weighted by atomic mass is 79.9. The van der Waals surface area contributed by atoms with Gasteiger partial charge in [-0.05, 0) is 53.0 Å². The fourth-order valence-corrected chi connectivity index (χ4v) is 2.80. The van der Waals surface area contributed by atoms with Gasteiger partial charge in [-0.3, -0.25) is 0 Å². The molecule has 0 bridgehead atoms. The second-order valence-corrected chi connectivity index (χ2v) is 6.02. The summed E-state index contributed by atoms with van der Waals surface area (Å²) in [5.41, 5.74) is 5.32. The summed E-state index contributed by atoms with van der Waals surface area (Å²) in [4.78, 5) is 13.7. The minimum absolute atomic E-state index is 0.746. The molecule has 3 rings (SSSR count). The first-order chi connectivity index (χ1) is 10.1. The summed E-state index contributed by atoms with van der Waals surface area (Å²) >= 11 is 3.37. The van der Waals surface area contributed by atoms with Gasteiger partial charge in [0.25, 0.3) is 0 Å². The minimum Gasteiger partial charge on any atom is -0.308 e. The monoisotopic (exact) mass is 344 g/mol. The van der Waals surface area contributed by atoms with Gasteiger partial charge in [-0.25, -0.2) is 15.0 Å². The molecule has 0 aliphatic rings. The number of rotatable bonds is 3. The molecule has 0 saturated carbocycles. The van der Waals surface area contributed by atoms with Crippen LogP contribution < -0.4 is 0 Å². The number of pyridine rings is 2. The van der Waals surface area contributed by atoms with Gasteiger partial charge < -0.3 is 4.57 Å². The maximum Gasteiger partial charge on any atom is 0.160 e. The summed E-state index contributed by atoms with van der Waals surface area (Å²) in [7, 11) is 0. The minimum atomic E-state index is 0.746. The van der Waals surface area contributed by atoms with Gasteiger partial charge in [-0.2, -0.15) is 0 Å². The molecule has 0 aromatic carbocycles. The average Bonchev–Trinajstić information content (AvgIpc) is 2.80. The van der Waals surface area contributed by atoms with Crippen molar-refractivity contribution in [2.45, 2.75) is 33.7 Å². The third-order valence-electron chi connectivity index (χ3n) is 3.55. The van der Waals surface area contributed by atoms with E-state index < -0.39 is 0 Å². The number of halogens is 1. The smallest absolute Gasteiger partial charge is 0.160 e. The van der Waals surface area contributed by atoms with Crippen molar-refractivity contribution in [3.63, 3.8) is 0 Å². The second kappa shape index (κ2) is 5.56. The lowest BCUT2D eigenvalue weighted by Gasteiger charge is -2.08. The Bertz CT molecular complexity index is 790. The van der Waals surface area contributed by atoms with Crippen LogP contribution in [0.15, 0.2) is 29.0 Å². The van der Waals surface area contributed by atoms with Gasteiger partial charge in [-0.15, -0.1) is 0 Å². The van der Waals surface area contributed by atoms with E-state index in [-0.39, 0.29) is 0 Å². The number of hydrogen-bond donors (Lipinski definition) is 0. The van der Waals surface area contributed by atoms with Crippen molar-refractivity contribution >= 4 is 27.1 Å². The third-order valence-corrected chi connectivity index (χ3v) is 4.02. The zero-order valence-corrected chi connectivity index (χ0v) is 14.0. The number of imidazole rings is 1. The molecule has 5 heteroatoms. The summed E-state index contributed by atoms with van der Waals surface area (Å²) in [6.45, 7) is 6.99. The van der Waals surface area contributed by atoms with Crippen molar-refractivity contribution in [2.24, 2.45) is 0 Å². The summed E-state index contributed by atoms with van der Waals surface area (Å²) in [5, 5.41) is 0. The molecule has 0 aliphatic carbocycles. The Morgan fingerprint density at radius 2 is 2.00 bits per heavy atom. The van der Waals surface area contributed by atoms with Crippen LogP contribution in [0.3, 0.4) is 0 Å². The summed E-state index contributed by atoms with van der Waals surface area (Å²) < 4.78 is 3.04. The zero-order chi connectivity index (χ0) is 15.0. The molecule has 21 heavy (non-hydrogen) atoms. The first-order valence-corrected chi connectivity index (χ1v) is 7.81. The Hall–Kier alpha value is -1.75. The molecular weight excluding hydrogens is 328 g/mol. The van der Waals surface area contributed by atoms with E-state index in [1.807, 2.05) is 19.2 Å². The van der Waals surface area contributed by atoms with Crippen LogP contribution in [0.5, 0.6) is 0 Å². The first kappa shape index (κ1) is 14.2. The Labute approximate surface area is 132 Å². The van der Waals surface area contributed by atoms with Gasteiger partial charge in [0.15, 0.2) is 5.65 Å². The van der Waals surface area contributed by atoms with E-state index in [2.05, 4.69) is 56.4 Å². The molecule has 3 heterocycles. The van der Waals surface area contributed by atoms with Gasteiger partial charge in [0.2, 0.25) is 0 Å². The Kier molecular flexibility index (Phi) is 3.76. The third kappa shape index (κ3) is 2.70. The van der Waals surface area contributed by atoms with Crippen LogP contribution in [-0.4, -0.2) is 19.5 Å². The number of aromatic nitrogens is 4. The lowest BCUT2D eigenvalue weighted by atomic mass is 10.2. The van der Waals surface area contributed by atoms with Gasteiger partial charge in [0.05, 0.1) is 6.54 Å². The van der Waals surface area contributed by atoms with Crippen LogP contribution in [0.25, 0.3) is 11.2 Å². The van der Waals surface area contributed by atoms with Crippen molar-refractivity contribution in [3.05, 3.63) is 51.6 Å². The summed E-state index contributed by atoms with van der Waals surface area (Å²) in [5.74, 6) is 1.06. The fourth-order valence-electron chi connectivity index (χ4n) is 2.57. The Morgan fingerprint density at radius 1 is 1.19 bits per heavy atom. The van der Waals surface area contributed by atoms with E-state index >= 15 is 0 Å². The summed E-state index contributed by atoms with van der Waals surface area (Å²) in [6.07, 6.45) is 2.77. The zero-order valence-electron chi connectivity index (χ0n) is 12.4. The second-order valence-electron chi connectivity index (χ2n) is 5.21. The molecule has 0 unspecified atom stereocenters. The molecule has 0 N–H and O–H groups in total. The van der Waals surface area contributed by atoms with Gasteiger partial charge in [-0.1, -0.05) is 13.0 Å². The lowest BCUT2D eigenvalue weighted by Crippen LogP contribution is -2.06. The van der Waals surface area contributed by atoms with E-state index in [4.69, 9.17) is 4.98 Å².